The van der Waals surface area contributed by atoms with Crippen LogP contribution in [-0.4, -0.2) is 25.7 Å². The van der Waals surface area contributed by atoms with Crippen molar-refractivity contribution in [2.45, 2.75) is 98.1 Å². The molecule has 122 valence electrons. The first kappa shape index (κ1) is 17.4. The van der Waals surface area contributed by atoms with E-state index in [1.165, 1.54) is 44.9 Å². The van der Waals surface area contributed by atoms with Crippen molar-refractivity contribution in [2.24, 2.45) is 0 Å². The Morgan fingerprint density at radius 3 is 2.05 bits per heavy atom. The topological polar surface area (TPSA) is 35.5 Å². The van der Waals surface area contributed by atoms with Gasteiger partial charge in [0, 0.05) is 0 Å². The number of carbonyl (C=O) groups excluding carboxylic acids is 1. The Morgan fingerprint density at radius 1 is 0.905 bits per heavy atom. The number of halogens is 1. The third-order valence-electron chi connectivity index (χ3n) is 4.15. The van der Waals surface area contributed by atoms with Crippen molar-refractivity contribution >= 4 is 6.16 Å². The summed E-state index contributed by atoms with van der Waals surface area (Å²) in [4.78, 5) is 11.7. The van der Waals surface area contributed by atoms with Gasteiger partial charge in [0.05, 0.1) is 0 Å². The Labute approximate surface area is 139 Å². The van der Waals surface area contributed by atoms with Crippen molar-refractivity contribution in [1.29, 1.82) is 0 Å². The van der Waals surface area contributed by atoms with E-state index in [9.17, 15) is 4.79 Å². The zero-order valence-electron chi connectivity index (χ0n) is 13.7. The monoisotopic (exact) mass is 409 g/mol. The van der Waals surface area contributed by atoms with Crippen LogP contribution < -0.4 is 21.2 Å². The summed E-state index contributed by atoms with van der Waals surface area (Å²) < 4.78 is 12.7. The molecule has 0 saturated heterocycles. The van der Waals surface area contributed by atoms with Crippen LogP contribution in [0.4, 0.5) is 4.79 Å². The summed E-state index contributed by atoms with van der Waals surface area (Å²) in [5.74, 6) is 0. The van der Waals surface area contributed by atoms with E-state index in [0.717, 1.165) is 20.7 Å². The van der Waals surface area contributed by atoms with Crippen LogP contribution >= 0.6 is 0 Å². The number of alkyl halides is 2. The lowest BCUT2D eigenvalue weighted by Crippen LogP contribution is -3.68. The molecule has 0 atom stereocenters. The number of carbonyl (C=O) groups is 1. The third kappa shape index (κ3) is 6.74. The van der Waals surface area contributed by atoms with Gasteiger partial charge in [0.1, 0.15) is 11.7 Å². The van der Waals surface area contributed by atoms with Crippen LogP contribution in [0.2, 0.25) is 0 Å². The summed E-state index contributed by atoms with van der Waals surface area (Å²) >= 11 is 0.348. The maximum atomic E-state index is 11.7. The fourth-order valence-electron chi connectivity index (χ4n) is 3.11. The molecular formula is C17H30IO3+. The molecule has 0 heterocycles. The molecule has 2 saturated carbocycles. The molecule has 4 heteroatoms. The van der Waals surface area contributed by atoms with Crippen molar-refractivity contribution in [3.8, 4) is 0 Å². The molecular weight excluding hydrogens is 379 g/mol. The molecule has 21 heavy (non-hydrogen) atoms. The molecule has 2 aliphatic rings. The number of rotatable bonds is 3. The molecule has 0 aromatic rings. The molecule has 2 rings (SSSR count). The average Bonchev–Trinajstić information content (AvgIpc) is 2.40. The van der Waals surface area contributed by atoms with Gasteiger partial charge in [0.2, 0.25) is 0 Å². The lowest BCUT2D eigenvalue weighted by Gasteiger charge is -2.26. The van der Waals surface area contributed by atoms with Crippen LogP contribution in [0, 0.1) is 0 Å². The Kier molecular flexibility index (Phi) is 6.63. The van der Waals surface area contributed by atoms with Crippen molar-refractivity contribution in [2.75, 3.05) is 0 Å². The quantitative estimate of drug-likeness (QED) is 0.404. The first-order chi connectivity index (χ1) is 9.92. The van der Waals surface area contributed by atoms with Gasteiger partial charge in [-0.1, -0.05) is 6.42 Å². The Hall–Kier alpha value is 0. The minimum Gasteiger partial charge on any atom is -0.431 e. The Balaban J connectivity index is 1.64. The molecule has 2 fully saturated rings. The molecule has 0 aliphatic heterocycles. The second kappa shape index (κ2) is 8.02. The number of hydrogen-bond acceptors (Lipinski definition) is 3. The summed E-state index contributed by atoms with van der Waals surface area (Å²) in [6.07, 6.45) is 11.5. The minimum absolute atomic E-state index is 0.0893. The molecule has 0 spiro atoms. The van der Waals surface area contributed by atoms with Crippen molar-refractivity contribution in [1.82, 2.24) is 0 Å². The SMILES string of the molecule is CC(C)(C)OC(=O)OC1CCC([I+]C2CCCCC2)CC1. The zero-order valence-corrected chi connectivity index (χ0v) is 15.9. The molecule has 0 radical (unpaired) electrons. The highest BCUT2D eigenvalue weighted by molar-refractivity contribution is 5.60. The van der Waals surface area contributed by atoms with Gasteiger partial charge in [-0.25, -0.2) is 4.79 Å². The van der Waals surface area contributed by atoms with E-state index in [1.807, 2.05) is 20.8 Å². The van der Waals surface area contributed by atoms with Crippen molar-refractivity contribution in [3.63, 3.8) is 0 Å². The second-order valence-electron chi connectivity index (χ2n) is 7.32. The molecule has 0 N–H and O–H groups in total. The Bertz CT molecular complexity index is 323. The first-order valence-corrected chi connectivity index (χ1v) is 10.9. The predicted molar refractivity (Wildman–Crippen MR) is 80.2 cm³/mol. The molecule has 0 amide bonds. The highest BCUT2D eigenvalue weighted by Gasteiger charge is 2.37. The van der Waals surface area contributed by atoms with Crippen LogP contribution in [0.3, 0.4) is 0 Å². The largest absolute Gasteiger partial charge is 0.509 e. The highest BCUT2D eigenvalue weighted by Crippen LogP contribution is 2.21. The lowest BCUT2D eigenvalue weighted by molar-refractivity contribution is -0.726. The van der Waals surface area contributed by atoms with Crippen LogP contribution in [0.25, 0.3) is 0 Å². The summed E-state index contributed by atoms with van der Waals surface area (Å²) in [6.45, 7) is 5.62. The second-order valence-corrected chi connectivity index (χ2v) is 11.6. The molecule has 0 bridgehead atoms. The van der Waals surface area contributed by atoms with Gasteiger partial charge in [-0.3, -0.25) is 0 Å². The van der Waals surface area contributed by atoms with Crippen LogP contribution in [-0.2, 0) is 9.47 Å². The van der Waals surface area contributed by atoms with Crippen molar-refractivity contribution in [3.05, 3.63) is 0 Å². The summed E-state index contributed by atoms with van der Waals surface area (Å²) in [5.41, 5.74) is -0.458. The molecule has 0 unspecified atom stereocenters. The van der Waals surface area contributed by atoms with E-state index >= 15 is 0 Å². The fourth-order valence-corrected chi connectivity index (χ4v) is 7.58. The number of ether oxygens (including phenoxy) is 2. The molecule has 3 nitrogen and oxygen atoms in total. The van der Waals surface area contributed by atoms with Gasteiger partial charge in [-0.05, 0) is 72.1 Å². The van der Waals surface area contributed by atoms with Gasteiger partial charge in [-0.2, -0.15) is 0 Å². The first-order valence-electron chi connectivity index (χ1n) is 8.44. The van der Waals surface area contributed by atoms with E-state index in [-0.39, 0.29) is 6.10 Å². The van der Waals surface area contributed by atoms with E-state index in [1.54, 1.807) is 0 Å². The van der Waals surface area contributed by atoms with Crippen molar-refractivity contribution < 1.29 is 35.5 Å². The van der Waals surface area contributed by atoms with Crippen LogP contribution in [0.5, 0.6) is 0 Å². The smallest absolute Gasteiger partial charge is 0.431 e. The van der Waals surface area contributed by atoms with E-state index < -0.39 is 11.8 Å². The minimum atomic E-state index is -0.493. The van der Waals surface area contributed by atoms with E-state index in [0.29, 0.717) is 21.2 Å². The van der Waals surface area contributed by atoms with Gasteiger partial charge in [0.15, 0.2) is 7.85 Å². The molecule has 0 aromatic heterocycles. The number of hydrogen-bond donors (Lipinski definition) is 0. The van der Waals surface area contributed by atoms with Crippen LogP contribution in [0.1, 0.15) is 78.6 Å². The standard InChI is InChI=1S/C17H30IO3/c1-17(2,3)21-16(19)20-15-11-9-14(10-12-15)18-13-7-5-4-6-8-13/h13-15H,4-12H2,1-3H3/q+1. The average molecular weight is 409 g/mol. The normalized spacial score (nSPS) is 28.1. The lowest BCUT2D eigenvalue weighted by atomic mass is 9.98. The Morgan fingerprint density at radius 2 is 1.48 bits per heavy atom. The summed E-state index contributed by atoms with van der Waals surface area (Å²) in [5, 5.41) is 0. The summed E-state index contributed by atoms with van der Waals surface area (Å²) in [6, 6.07) is 0. The maximum Gasteiger partial charge on any atom is 0.509 e. The van der Waals surface area contributed by atoms with Gasteiger partial charge in [0.25, 0.3) is 21.2 Å². The van der Waals surface area contributed by atoms with E-state index in [4.69, 9.17) is 9.47 Å². The van der Waals surface area contributed by atoms with Gasteiger partial charge < -0.3 is 9.47 Å². The maximum absolute atomic E-state index is 11.7. The molecule has 2 aliphatic carbocycles. The predicted octanol–water partition coefficient (Wildman–Crippen LogP) is 1.67. The molecule has 0 aromatic carbocycles. The van der Waals surface area contributed by atoms with Gasteiger partial charge >= 0.3 is 6.16 Å². The third-order valence-corrected chi connectivity index (χ3v) is 8.67. The van der Waals surface area contributed by atoms with E-state index in [2.05, 4.69) is 0 Å². The zero-order chi connectivity index (χ0) is 15.3. The fraction of sp³-hybridized carbons (Fsp3) is 0.941. The highest BCUT2D eigenvalue weighted by atomic mass is 127. The van der Waals surface area contributed by atoms with Gasteiger partial charge in [-0.15, -0.1) is 0 Å². The van der Waals surface area contributed by atoms with Crippen LogP contribution in [0.15, 0.2) is 0 Å². The summed E-state index contributed by atoms with van der Waals surface area (Å²) in [7, 11) is 0.